The Morgan fingerprint density at radius 3 is 2.47 bits per heavy atom. The summed E-state index contributed by atoms with van der Waals surface area (Å²) in [4.78, 5) is 8.68. The van der Waals surface area contributed by atoms with Gasteiger partial charge in [-0.25, -0.2) is 0 Å². The number of ether oxygens (including phenoxy) is 2. The normalized spacial score (nSPS) is 20.0. The standard InChI is InChI=1S/C12H19N3O2/c1-16-11-8-12(17-2)15-10(14-11)7-9-5-3-4-6-13-9/h8-9,13H,3-7H2,1-2H3. The first-order valence-electron chi connectivity index (χ1n) is 6.01. The van der Waals surface area contributed by atoms with Crippen LogP contribution in [-0.2, 0) is 6.42 Å². The molecule has 1 saturated heterocycles. The molecule has 1 aromatic heterocycles. The first kappa shape index (κ1) is 12.1. The van der Waals surface area contributed by atoms with E-state index < -0.39 is 0 Å². The van der Waals surface area contributed by atoms with Crippen molar-refractivity contribution in [1.29, 1.82) is 0 Å². The second kappa shape index (κ2) is 5.82. The van der Waals surface area contributed by atoms with Gasteiger partial charge in [-0.15, -0.1) is 0 Å². The summed E-state index contributed by atoms with van der Waals surface area (Å²) in [5, 5.41) is 3.48. The highest BCUT2D eigenvalue weighted by Gasteiger charge is 2.15. The van der Waals surface area contributed by atoms with Crippen LogP contribution in [0.3, 0.4) is 0 Å². The number of rotatable bonds is 4. The van der Waals surface area contributed by atoms with Gasteiger partial charge in [-0.3, -0.25) is 0 Å². The second-order valence-electron chi connectivity index (χ2n) is 4.22. The molecule has 5 heteroatoms. The average Bonchev–Trinajstić information content (AvgIpc) is 2.39. The summed E-state index contributed by atoms with van der Waals surface area (Å²) in [7, 11) is 3.20. The van der Waals surface area contributed by atoms with Crippen molar-refractivity contribution >= 4 is 0 Å². The molecule has 1 unspecified atom stereocenters. The highest BCUT2D eigenvalue weighted by molar-refractivity contribution is 5.21. The molecule has 17 heavy (non-hydrogen) atoms. The molecule has 0 aromatic carbocycles. The molecule has 0 bridgehead atoms. The Labute approximate surface area is 102 Å². The van der Waals surface area contributed by atoms with Crippen LogP contribution in [0.2, 0.25) is 0 Å². The minimum atomic E-state index is 0.473. The molecule has 2 rings (SSSR count). The third kappa shape index (κ3) is 3.30. The number of hydrogen-bond acceptors (Lipinski definition) is 5. The molecule has 0 saturated carbocycles. The second-order valence-corrected chi connectivity index (χ2v) is 4.22. The lowest BCUT2D eigenvalue weighted by Gasteiger charge is -2.22. The topological polar surface area (TPSA) is 56.3 Å². The Balaban J connectivity index is 2.07. The van der Waals surface area contributed by atoms with Gasteiger partial charge in [-0.1, -0.05) is 6.42 Å². The Hall–Kier alpha value is -1.36. The van der Waals surface area contributed by atoms with E-state index in [2.05, 4.69) is 15.3 Å². The molecule has 1 aromatic rings. The third-order valence-electron chi connectivity index (χ3n) is 2.99. The van der Waals surface area contributed by atoms with Crippen molar-refractivity contribution in [3.63, 3.8) is 0 Å². The Bertz CT molecular complexity index is 343. The lowest BCUT2D eigenvalue weighted by atomic mass is 10.0. The van der Waals surface area contributed by atoms with Crippen molar-refractivity contribution in [2.75, 3.05) is 20.8 Å². The number of hydrogen-bond donors (Lipinski definition) is 1. The SMILES string of the molecule is COc1cc(OC)nc(CC2CCCCN2)n1. The van der Waals surface area contributed by atoms with E-state index in [9.17, 15) is 0 Å². The van der Waals surface area contributed by atoms with E-state index in [0.717, 1.165) is 18.8 Å². The molecule has 5 nitrogen and oxygen atoms in total. The number of nitrogens with one attached hydrogen (secondary N) is 1. The van der Waals surface area contributed by atoms with Crippen molar-refractivity contribution in [3.8, 4) is 11.8 Å². The van der Waals surface area contributed by atoms with Crippen LogP contribution in [0.25, 0.3) is 0 Å². The minimum Gasteiger partial charge on any atom is -0.481 e. The Morgan fingerprint density at radius 1 is 1.24 bits per heavy atom. The molecule has 1 fully saturated rings. The van der Waals surface area contributed by atoms with E-state index in [4.69, 9.17) is 9.47 Å². The number of methoxy groups -OCH3 is 2. The highest BCUT2D eigenvalue weighted by Crippen LogP contribution is 2.17. The number of piperidine rings is 1. The number of aromatic nitrogens is 2. The Morgan fingerprint density at radius 2 is 1.94 bits per heavy atom. The fourth-order valence-electron chi connectivity index (χ4n) is 2.07. The lowest BCUT2D eigenvalue weighted by molar-refractivity contribution is 0.359. The summed E-state index contributed by atoms with van der Waals surface area (Å²) in [5.74, 6) is 1.89. The third-order valence-corrected chi connectivity index (χ3v) is 2.99. The van der Waals surface area contributed by atoms with Gasteiger partial charge in [0.1, 0.15) is 5.82 Å². The monoisotopic (exact) mass is 237 g/mol. The molecule has 1 aliphatic heterocycles. The molecule has 0 radical (unpaired) electrons. The Kier molecular flexibility index (Phi) is 4.14. The molecule has 0 amide bonds. The molecule has 1 atom stereocenters. The smallest absolute Gasteiger partial charge is 0.220 e. The predicted molar refractivity (Wildman–Crippen MR) is 64.5 cm³/mol. The van der Waals surface area contributed by atoms with Crippen molar-refractivity contribution in [1.82, 2.24) is 15.3 Å². The molecule has 1 N–H and O–H groups in total. The molecule has 0 aliphatic carbocycles. The predicted octanol–water partition coefficient (Wildman–Crippen LogP) is 1.18. The van der Waals surface area contributed by atoms with E-state index >= 15 is 0 Å². The zero-order valence-corrected chi connectivity index (χ0v) is 10.4. The minimum absolute atomic E-state index is 0.473. The van der Waals surface area contributed by atoms with Gasteiger partial charge in [0.05, 0.1) is 20.3 Å². The van der Waals surface area contributed by atoms with E-state index in [-0.39, 0.29) is 0 Å². The van der Waals surface area contributed by atoms with Crippen LogP contribution in [0, 0.1) is 0 Å². The van der Waals surface area contributed by atoms with Gasteiger partial charge in [0.2, 0.25) is 11.8 Å². The van der Waals surface area contributed by atoms with E-state index in [1.807, 2.05) is 0 Å². The van der Waals surface area contributed by atoms with E-state index in [1.165, 1.54) is 19.3 Å². The molecular formula is C12H19N3O2. The highest BCUT2D eigenvalue weighted by atomic mass is 16.5. The van der Waals surface area contributed by atoms with Gasteiger partial charge in [0.25, 0.3) is 0 Å². The van der Waals surface area contributed by atoms with Gasteiger partial charge in [-0.05, 0) is 19.4 Å². The maximum Gasteiger partial charge on any atom is 0.220 e. The molecule has 2 heterocycles. The van der Waals surface area contributed by atoms with Crippen LogP contribution in [0.4, 0.5) is 0 Å². The van der Waals surface area contributed by atoms with Crippen molar-refractivity contribution in [2.45, 2.75) is 31.7 Å². The van der Waals surface area contributed by atoms with Crippen LogP contribution >= 0.6 is 0 Å². The van der Waals surface area contributed by atoms with E-state index in [0.29, 0.717) is 17.8 Å². The van der Waals surface area contributed by atoms with Crippen LogP contribution in [0.5, 0.6) is 11.8 Å². The van der Waals surface area contributed by atoms with Crippen LogP contribution in [0.15, 0.2) is 6.07 Å². The van der Waals surface area contributed by atoms with Crippen molar-refractivity contribution < 1.29 is 9.47 Å². The van der Waals surface area contributed by atoms with Crippen LogP contribution in [-0.4, -0.2) is 36.8 Å². The maximum atomic E-state index is 5.13. The van der Waals surface area contributed by atoms with E-state index in [1.54, 1.807) is 20.3 Å². The fourth-order valence-corrected chi connectivity index (χ4v) is 2.07. The first-order chi connectivity index (χ1) is 8.31. The van der Waals surface area contributed by atoms with Gasteiger partial charge in [0.15, 0.2) is 0 Å². The zero-order chi connectivity index (χ0) is 12.1. The zero-order valence-electron chi connectivity index (χ0n) is 10.4. The van der Waals surface area contributed by atoms with Gasteiger partial charge in [-0.2, -0.15) is 9.97 Å². The summed E-state index contributed by atoms with van der Waals surface area (Å²) in [5.41, 5.74) is 0. The molecule has 1 aliphatic rings. The summed E-state index contributed by atoms with van der Waals surface area (Å²) in [6, 6.07) is 2.17. The van der Waals surface area contributed by atoms with Crippen molar-refractivity contribution in [3.05, 3.63) is 11.9 Å². The van der Waals surface area contributed by atoms with Gasteiger partial charge < -0.3 is 14.8 Å². The van der Waals surface area contributed by atoms with Crippen LogP contribution in [0.1, 0.15) is 25.1 Å². The maximum absolute atomic E-state index is 5.13. The summed E-state index contributed by atoms with van der Waals surface area (Å²) in [6.07, 6.45) is 4.55. The summed E-state index contributed by atoms with van der Waals surface area (Å²) in [6.45, 7) is 1.09. The summed E-state index contributed by atoms with van der Waals surface area (Å²) >= 11 is 0. The largest absolute Gasteiger partial charge is 0.481 e. The average molecular weight is 237 g/mol. The summed E-state index contributed by atoms with van der Waals surface area (Å²) < 4.78 is 10.3. The molecule has 0 spiro atoms. The molecule has 94 valence electrons. The first-order valence-corrected chi connectivity index (χ1v) is 6.01. The van der Waals surface area contributed by atoms with Crippen LogP contribution < -0.4 is 14.8 Å². The number of nitrogens with zero attached hydrogens (tertiary/aromatic N) is 2. The quantitative estimate of drug-likeness (QED) is 0.852. The van der Waals surface area contributed by atoms with Crippen molar-refractivity contribution in [2.24, 2.45) is 0 Å². The fraction of sp³-hybridized carbons (Fsp3) is 0.667. The lowest BCUT2D eigenvalue weighted by Crippen LogP contribution is -2.36. The van der Waals surface area contributed by atoms with Gasteiger partial charge in [0, 0.05) is 12.5 Å². The molecular weight excluding hydrogens is 218 g/mol. The van der Waals surface area contributed by atoms with Gasteiger partial charge >= 0.3 is 0 Å².